The van der Waals surface area contributed by atoms with Crippen LogP contribution in [-0.2, 0) is 21.8 Å². The molecule has 12 heteroatoms. The van der Waals surface area contributed by atoms with Crippen molar-refractivity contribution in [1.29, 1.82) is 0 Å². The summed E-state index contributed by atoms with van der Waals surface area (Å²) < 4.78 is 55.9. The summed E-state index contributed by atoms with van der Waals surface area (Å²) in [6, 6.07) is 16.7. The molecule has 184 valence electrons. The molecule has 8 nitrogen and oxygen atoms in total. The van der Waals surface area contributed by atoms with Crippen molar-refractivity contribution in [2.24, 2.45) is 0 Å². The number of hydrogen-bond donors (Lipinski definition) is 0. The van der Waals surface area contributed by atoms with Crippen LogP contribution in [0.2, 0.25) is 0 Å². The van der Waals surface area contributed by atoms with E-state index in [4.69, 9.17) is 0 Å². The van der Waals surface area contributed by atoms with Gasteiger partial charge in [0.2, 0.25) is 13.0 Å². The van der Waals surface area contributed by atoms with Gasteiger partial charge >= 0.3 is 6.18 Å². The minimum Gasteiger partial charge on any atom is -0.319 e. The van der Waals surface area contributed by atoms with E-state index >= 15 is 0 Å². The van der Waals surface area contributed by atoms with E-state index in [0.29, 0.717) is 29.1 Å². The topological polar surface area (TPSA) is 95.7 Å². The highest BCUT2D eigenvalue weighted by Crippen LogP contribution is 2.47. The van der Waals surface area contributed by atoms with E-state index in [9.17, 15) is 17.7 Å². The van der Waals surface area contributed by atoms with E-state index in [2.05, 4.69) is 29.8 Å². The summed E-state index contributed by atoms with van der Waals surface area (Å²) in [5, 5.41) is 9.32. The predicted molar refractivity (Wildman–Crippen MR) is 129 cm³/mol. The number of hydrogen-bond acceptors (Lipinski definition) is 7. The van der Waals surface area contributed by atoms with Crippen molar-refractivity contribution < 1.29 is 22.3 Å². The third-order valence-electron chi connectivity index (χ3n) is 5.45. The maximum Gasteiger partial charge on any atom is 0.412 e. The molecule has 2 aromatic carbocycles. The summed E-state index contributed by atoms with van der Waals surface area (Å²) >= 11 is 0. The Morgan fingerprint density at radius 3 is 2.58 bits per heavy atom. The van der Waals surface area contributed by atoms with E-state index in [1.165, 1.54) is 6.66 Å². The van der Waals surface area contributed by atoms with Crippen LogP contribution in [0.15, 0.2) is 67.0 Å². The van der Waals surface area contributed by atoms with Gasteiger partial charge in [-0.05, 0) is 29.3 Å². The van der Waals surface area contributed by atoms with Crippen LogP contribution >= 0.6 is 7.37 Å². The highest BCUT2D eigenvalue weighted by Gasteiger charge is 2.31. The van der Waals surface area contributed by atoms with Gasteiger partial charge in [-0.1, -0.05) is 41.6 Å². The first kappa shape index (κ1) is 24.0. The Morgan fingerprint density at radius 1 is 1.03 bits per heavy atom. The number of rotatable bonds is 7. The fourth-order valence-electron chi connectivity index (χ4n) is 3.77. The molecule has 0 saturated heterocycles. The zero-order chi connectivity index (χ0) is 25.3. The number of halogens is 3. The van der Waals surface area contributed by atoms with Gasteiger partial charge in [-0.15, -0.1) is 5.10 Å². The van der Waals surface area contributed by atoms with E-state index < -0.39 is 20.2 Å². The quantitative estimate of drug-likeness (QED) is 0.267. The van der Waals surface area contributed by atoms with Crippen LogP contribution < -0.4 is 0 Å². The SMILES string of the molecule is CP(=O)(Cc1ccc(-c2cnc3nnn(Cc4ccc5ncccc5c4)c3n2)cc1)OCC(F)(F)F. The van der Waals surface area contributed by atoms with Crippen molar-refractivity contribution in [3.05, 3.63) is 78.1 Å². The van der Waals surface area contributed by atoms with Crippen molar-refractivity contribution in [1.82, 2.24) is 29.9 Å². The van der Waals surface area contributed by atoms with Crippen LogP contribution in [-0.4, -0.2) is 49.4 Å². The summed E-state index contributed by atoms with van der Waals surface area (Å²) in [7, 11) is -3.45. The fraction of sp³-hybridized carbons (Fsp3) is 0.208. The molecule has 0 bridgehead atoms. The average molecular weight is 512 g/mol. The molecule has 3 aromatic heterocycles. The lowest BCUT2D eigenvalue weighted by molar-refractivity contribution is -0.153. The van der Waals surface area contributed by atoms with Crippen molar-refractivity contribution in [3.63, 3.8) is 0 Å². The van der Waals surface area contributed by atoms with Gasteiger partial charge in [0, 0.05) is 30.0 Å². The van der Waals surface area contributed by atoms with Crippen LogP contribution in [0.5, 0.6) is 0 Å². The maximum absolute atomic E-state index is 12.4. The van der Waals surface area contributed by atoms with Gasteiger partial charge in [0.25, 0.3) is 0 Å². The monoisotopic (exact) mass is 512 g/mol. The highest BCUT2D eigenvalue weighted by molar-refractivity contribution is 7.57. The Bertz CT molecular complexity index is 1590. The third-order valence-corrected chi connectivity index (χ3v) is 7.06. The average Bonchev–Trinajstić information content (AvgIpc) is 3.24. The molecular formula is C24H20F3N6O2P. The van der Waals surface area contributed by atoms with Gasteiger partial charge in [-0.25, -0.2) is 14.6 Å². The first-order chi connectivity index (χ1) is 17.2. The summed E-state index contributed by atoms with van der Waals surface area (Å²) in [4.78, 5) is 13.4. The largest absolute Gasteiger partial charge is 0.412 e. The summed E-state index contributed by atoms with van der Waals surface area (Å²) in [6.07, 6.45) is -1.31. The van der Waals surface area contributed by atoms with Gasteiger partial charge in [0.15, 0.2) is 5.65 Å². The molecular weight excluding hydrogens is 492 g/mol. The highest BCUT2D eigenvalue weighted by atomic mass is 31.2. The molecule has 5 aromatic rings. The van der Waals surface area contributed by atoms with E-state index in [1.807, 2.05) is 30.3 Å². The Hall–Kier alpha value is -3.69. The third kappa shape index (κ3) is 5.58. The summed E-state index contributed by atoms with van der Waals surface area (Å²) in [5.41, 5.74) is 4.75. The molecule has 0 aliphatic heterocycles. The van der Waals surface area contributed by atoms with Gasteiger partial charge in [-0.3, -0.25) is 9.55 Å². The molecule has 1 atom stereocenters. The Kier molecular flexibility index (Phi) is 6.27. The normalized spacial score (nSPS) is 13.8. The smallest absolute Gasteiger partial charge is 0.319 e. The Morgan fingerprint density at radius 2 is 1.81 bits per heavy atom. The molecule has 0 spiro atoms. The Balaban J connectivity index is 1.35. The molecule has 0 aliphatic rings. The van der Waals surface area contributed by atoms with Gasteiger partial charge in [0.05, 0.1) is 24.0 Å². The standard InChI is InChI=1S/C24H20F3N6O2P/c1-36(34,35-15-24(25,26)27)14-16-4-7-18(8-5-16)21-12-29-22-23(30-21)33(32-31-22)13-17-6-9-20-19(11-17)3-2-10-28-20/h2-12H,13-15H2,1H3. The molecule has 0 amide bonds. The number of pyridine rings is 1. The van der Waals surface area contributed by atoms with Crippen LogP contribution in [0.4, 0.5) is 13.2 Å². The van der Waals surface area contributed by atoms with Crippen LogP contribution in [0.25, 0.3) is 33.5 Å². The second kappa shape index (κ2) is 9.40. The van der Waals surface area contributed by atoms with Crippen molar-refractivity contribution in [2.45, 2.75) is 18.9 Å². The molecule has 36 heavy (non-hydrogen) atoms. The van der Waals surface area contributed by atoms with E-state index in [0.717, 1.165) is 22.0 Å². The van der Waals surface area contributed by atoms with Gasteiger partial charge in [0.1, 0.15) is 6.61 Å². The molecule has 0 N–H and O–H groups in total. The number of aromatic nitrogens is 6. The minimum absolute atomic E-state index is 0.105. The molecule has 1 unspecified atom stereocenters. The lowest BCUT2D eigenvalue weighted by Gasteiger charge is -2.15. The fourth-order valence-corrected chi connectivity index (χ4v) is 5.15. The molecule has 5 rings (SSSR count). The van der Waals surface area contributed by atoms with Crippen molar-refractivity contribution >= 4 is 29.6 Å². The molecule has 3 heterocycles. The molecule has 0 radical (unpaired) electrons. The van der Waals surface area contributed by atoms with Crippen molar-refractivity contribution in [3.8, 4) is 11.3 Å². The number of nitrogens with zero attached hydrogens (tertiary/aromatic N) is 6. The number of benzene rings is 2. The van der Waals surface area contributed by atoms with Crippen LogP contribution in [0, 0.1) is 0 Å². The Labute approximate surface area is 203 Å². The van der Waals surface area contributed by atoms with Crippen LogP contribution in [0.3, 0.4) is 0 Å². The molecule has 0 aliphatic carbocycles. The van der Waals surface area contributed by atoms with E-state index in [1.54, 1.807) is 41.3 Å². The maximum atomic E-state index is 12.4. The van der Waals surface area contributed by atoms with Gasteiger partial charge < -0.3 is 4.52 Å². The second-order valence-corrected chi connectivity index (χ2v) is 11.0. The number of fused-ring (bicyclic) bond motifs is 2. The first-order valence-corrected chi connectivity index (χ1v) is 13.2. The van der Waals surface area contributed by atoms with Crippen molar-refractivity contribution in [2.75, 3.05) is 13.3 Å². The lowest BCUT2D eigenvalue weighted by atomic mass is 10.1. The zero-order valence-electron chi connectivity index (χ0n) is 19.1. The zero-order valence-corrected chi connectivity index (χ0v) is 19.9. The first-order valence-electron chi connectivity index (χ1n) is 10.9. The van der Waals surface area contributed by atoms with E-state index in [-0.39, 0.29) is 6.16 Å². The minimum atomic E-state index is -4.53. The molecule has 0 saturated carbocycles. The summed E-state index contributed by atoms with van der Waals surface area (Å²) in [5.74, 6) is 0. The predicted octanol–water partition coefficient (Wildman–Crippen LogP) is 5.47. The second-order valence-electron chi connectivity index (χ2n) is 8.44. The number of alkyl halides is 3. The van der Waals surface area contributed by atoms with Gasteiger partial charge in [-0.2, -0.15) is 13.2 Å². The van der Waals surface area contributed by atoms with Crippen LogP contribution in [0.1, 0.15) is 11.1 Å². The summed E-state index contributed by atoms with van der Waals surface area (Å²) in [6.45, 7) is 0.112. The molecule has 0 fully saturated rings. The lowest BCUT2D eigenvalue weighted by Crippen LogP contribution is -2.16.